The van der Waals surface area contributed by atoms with E-state index >= 15 is 0 Å². The minimum absolute atomic E-state index is 0.0256. The van der Waals surface area contributed by atoms with Crippen molar-refractivity contribution >= 4 is 34.1 Å². The molecule has 1 saturated heterocycles. The fraction of sp³-hybridized carbons (Fsp3) is 0.469. The standard InChI is InChI=1S/C32H43N7O3/c1-4-30(41)37-15-17-38(18-16-37)31-27-11-14-39(29-22-25(40)21-24-9-6-7-10-26(24)29)23-28(27)34-32(35-31)33-12-8-13-36(5-2)19-20-42-3/h4,6-7,9-10,21-22,40H,1,5,8,11-20,23H2,2-3H3,(H,33,34,35). The molecule has 42 heavy (non-hydrogen) atoms. The van der Waals surface area contributed by atoms with Crippen molar-refractivity contribution < 1.29 is 14.6 Å². The van der Waals surface area contributed by atoms with Crippen molar-refractivity contribution in [2.75, 3.05) is 87.7 Å². The molecule has 10 nitrogen and oxygen atoms in total. The number of carbonyl (C=O) groups excluding carboxylic acids is 1. The highest BCUT2D eigenvalue weighted by molar-refractivity contribution is 5.95. The Kier molecular flexibility index (Phi) is 9.76. The molecule has 0 radical (unpaired) electrons. The average molecular weight is 574 g/mol. The van der Waals surface area contributed by atoms with Crippen molar-refractivity contribution in [3.8, 4) is 5.75 Å². The lowest BCUT2D eigenvalue weighted by Gasteiger charge is -2.38. The predicted molar refractivity (Wildman–Crippen MR) is 168 cm³/mol. The highest BCUT2D eigenvalue weighted by Crippen LogP contribution is 2.36. The fourth-order valence-corrected chi connectivity index (χ4v) is 5.91. The molecule has 2 aromatic carbocycles. The van der Waals surface area contributed by atoms with Crippen molar-refractivity contribution in [3.05, 3.63) is 60.3 Å². The first-order valence-electron chi connectivity index (χ1n) is 15.0. The third-order valence-electron chi connectivity index (χ3n) is 8.27. The van der Waals surface area contributed by atoms with Crippen LogP contribution in [0.1, 0.15) is 24.6 Å². The van der Waals surface area contributed by atoms with Crippen LogP contribution in [0.2, 0.25) is 0 Å². The first kappa shape index (κ1) is 29.6. The molecule has 0 aliphatic carbocycles. The SMILES string of the molecule is C=CC(=O)N1CCN(c2nc(NCCCN(CC)CCOC)nc3c2CCN(c2cc(O)cc4ccccc24)C3)CC1. The van der Waals surface area contributed by atoms with Crippen LogP contribution in [0.5, 0.6) is 5.75 Å². The second-order valence-corrected chi connectivity index (χ2v) is 10.9. The molecule has 3 heterocycles. The van der Waals surface area contributed by atoms with Gasteiger partial charge >= 0.3 is 0 Å². The second kappa shape index (κ2) is 13.8. The van der Waals surface area contributed by atoms with Gasteiger partial charge in [0.05, 0.1) is 18.8 Å². The minimum atomic E-state index is -0.0256. The number of amides is 1. The van der Waals surface area contributed by atoms with Crippen molar-refractivity contribution in [1.82, 2.24) is 19.8 Å². The zero-order valence-electron chi connectivity index (χ0n) is 24.9. The van der Waals surface area contributed by atoms with Crippen LogP contribution >= 0.6 is 0 Å². The highest BCUT2D eigenvalue weighted by atomic mass is 16.5. The Balaban J connectivity index is 1.38. The zero-order chi connectivity index (χ0) is 29.5. The predicted octanol–water partition coefficient (Wildman–Crippen LogP) is 3.50. The van der Waals surface area contributed by atoms with Crippen molar-refractivity contribution in [3.63, 3.8) is 0 Å². The van der Waals surface area contributed by atoms with Crippen LogP contribution in [-0.2, 0) is 22.5 Å². The minimum Gasteiger partial charge on any atom is -0.508 e. The number of likely N-dealkylation sites (N-methyl/N-ethyl adjacent to an activating group) is 1. The number of nitrogens with zero attached hydrogens (tertiary/aromatic N) is 6. The van der Waals surface area contributed by atoms with Gasteiger partial charge in [-0.3, -0.25) is 4.79 Å². The molecular formula is C32H43N7O3. The maximum atomic E-state index is 12.2. The Morgan fingerprint density at radius 1 is 1.12 bits per heavy atom. The number of phenolic OH excluding ortho intramolecular Hbond substituents is 1. The monoisotopic (exact) mass is 573 g/mol. The largest absolute Gasteiger partial charge is 0.508 e. The number of aromatic hydroxyl groups is 1. The molecule has 1 amide bonds. The molecule has 2 aliphatic heterocycles. The molecule has 0 unspecified atom stereocenters. The summed E-state index contributed by atoms with van der Waals surface area (Å²) in [7, 11) is 1.74. The molecule has 2 aliphatic rings. The lowest BCUT2D eigenvalue weighted by atomic mass is 10.0. The van der Waals surface area contributed by atoms with Crippen LogP contribution in [0, 0.1) is 0 Å². The Morgan fingerprint density at radius 3 is 2.69 bits per heavy atom. The van der Waals surface area contributed by atoms with E-state index in [9.17, 15) is 9.90 Å². The lowest BCUT2D eigenvalue weighted by molar-refractivity contribution is -0.126. The van der Waals surface area contributed by atoms with E-state index in [0.717, 1.165) is 80.1 Å². The summed E-state index contributed by atoms with van der Waals surface area (Å²) in [5.74, 6) is 1.83. The molecule has 0 bridgehead atoms. The number of hydrogen-bond donors (Lipinski definition) is 2. The quantitative estimate of drug-likeness (QED) is 0.249. The maximum Gasteiger partial charge on any atom is 0.246 e. The Morgan fingerprint density at radius 2 is 1.93 bits per heavy atom. The zero-order valence-corrected chi connectivity index (χ0v) is 24.9. The second-order valence-electron chi connectivity index (χ2n) is 10.9. The lowest BCUT2D eigenvalue weighted by Crippen LogP contribution is -2.49. The van der Waals surface area contributed by atoms with Crippen LogP contribution in [0.15, 0.2) is 49.1 Å². The molecule has 1 aromatic heterocycles. The molecular weight excluding hydrogens is 530 g/mol. The number of piperazine rings is 1. The summed E-state index contributed by atoms with van der Waals surface area (Å²) in [5, 5.41) is 16.1. The number of anilines is 3. The Labute approximate surface area is 248 Å². The number of phenols is 1. The van der Waals surface area contributed by atoms with Crippen LogP contribution in [-0.4, -0.2) is 103 Å². The smallest absolute Gasteiger partial charge is 0.246 e. The molecule has 224 valence electrons. The van der Waals surface area contributed by atoms with E-state index in [1.54, 1.807) is 7.11 Å². The Hall–Kier alpha value is -3.89. The van der Waals surface area contributed by atoms with Crippen molar-refractivity contribution in [2.24, 2.45) is 0 Å². The normalized spacial score (nSPS) is 15.3. The van der Waals surface area contributed by atoms with Gasteiger partial charge in [0.15, 0.2) is 0 Å². The van der Waals surface area contributed by atoms with Crippen molar-refractivity contribution in [2.45, 2.75) is 26.3 Å². The molecule has 1 fully saturated rings. The number of benzene rings is 2. The van der Waals surface area contributed by atoms with Crippen LogP contribution < -0.4 is 15.1 Å². The molecule has 10 heteroatoms. The number of fused-ring (bicyclic) bond motifs is 2. The maximum absolute atomic E-state index is 12.2. The van der Waals surface area contributed by atoms with Crippen molar-refractivity contribution in [1.29, 1.82) is 0 Å². The molecule has 0 saturated carbocycles. The van der Waals surface area contributed by atoms with E-state index in [-0.39, 0.29) is 11.7 Å². The number of hydrogen-bond acceptors (Lipinski definition) is 9. The number of aromatic nitrogens is 2. The number of nitrogens with one attached hydrogen (secondary N) is 1. The van der Waals surface area contributed by atoms with E-state index in [1.165, 1.54) is 11.6 Å². The van der Waals surface area contributed by atoms with Gasteiger partial charge in [-0.1, -0.05) is 37.8 Å². The molecule has 5 rings (SSSR count). The van der Waals surface area contributed by atoms with E-state index in [2.05, 4.69) is 39.6 Å². The summed E-state index contributed by atoms with van der Waals surface area (Å²) >= 11 is 0. The fourth-order valence-electron chi connectivity index (χ4n) is 5.91. The van der Waals surface area contributed by atoms with Gasteiger partial charge in [-0.15, -0.1) is 0 Å². The number of ether oxygens (including phenoxy) is 1. The van der Waals surface area contributed by atoms with Gasteiger partial charge in [-0.05, 0) is 43.5 Å². The van der Waals surface area contributed by atoms with E-state index in [0.29, 0.717) is 38.7 Å². The summed E-state index contributed by atoms with van der Waals surface area (Å²) in [5.41, 5.74) is 3.18. The summed E-state index contributed by atoms with van der Waals surface area (Å²) < 4.78 is 5.24. The summed E-state index contributed by atoms with van der Waals surface area (Å²) in [6.07, 6.45) is 3.15. The van der Waals surface area contributed by atoms with Crippen LogP contribution in [0.4, 0.5) is 17.5 Å². The van der Waals surface area contributed by atoms with Gasteiger partial charge in [-0.25, -0.2) is 4.98 Å². The summed E-state index contributed by atoms with van der Waals surface area (Å²) in [6, 6.07) is 11.8. The van der Waals surface area contributed by atoms with E-state index in [4.69, 9.17) is 14.7 Å². The van der Waals surface area contributed by atoms with Gasteiger partial charge in [-0.2, -0.15) is 4.98 Å². The number of rotatable bonds is 12. The molecule has 0 spiro atoms. The van der Waals surface area contributed by atoms with Crippen LogP contribution in [0.3, 0.4) is 0 Å². The van der Waals surface area contributed by atoms with Gasteiger partial charge in [0, 0.05) is 75.6 Å². The Bertz CT molecular complexity index is 1390. The summed E-state index contributed by atoms with van der Waals surface area (Å²) in [4.78, 5) is 31.1. The van der Waals surface area contributed by atoms with Gasteiger partial charge in [0.25, 0.3) is 0 Å². The summed E-state index contributed by atoms with van der Waals surface area (Å²) in [6.45, 7) is 14.3. The van der Waals surface area contributed by atoms with E-state index in [1.807, 2.05) is 35.2 Å². The molecule has 0 atom stereocenters. The first-order valence-corrected chi connectivity index (χ1v) is 15.0. The topological polar surface area (TPSA) is 97.3 Å². The number of methoxy groups -OCH3 is 1. The third kappa shape index (κ3) is 6.77. The van der Waals surface area contributed by atoms with E-state index < -0.39 is 0 Å². The number of carbonyl (C=O) groups is 1. The third-order valence-corrected chi connectivity index (χ3v) is 8.27. The van der Waals surface area contributed by atoms with Gasteiger partial charge < -0.3 is 34.8 Å². The highest BCUT2D eigenvalue weighted by Gasteiger charge is 2.28. The molecule has 2 N–H and O–H groups in total. The first-order chi connectivity index (χ1) is 20.5. The molecule has 3 aromatic rings. The van der Waals surface area contributed by atoms with Gasteiger partial charge in [0.1, 0.15) is 11.6 Å². The van der Waals surface area contributed by atoms with Gasteiger partial charge in [0.2, 0.25) is 11.9 Å². The van der Waals surface area contributed by atoms with Crippen LogP contribution in [0.25, 0.3) is 10.8 Å². The average Bonchev–Trinajstić information content (AvgIpc) is 3.03.